The molecule has 0 unspecified atom stereocenters. The van der Waals surface area contributed by atoms with Crippen molar-refractivity contribution < 1.29 is 14.3 Å². The Morgan fingerprint density at radius 1 is 1.35 bits per heavy atom. The van der Waals surface area contributed by atoms with Crippen molar-refractivity contribution in [1.29, 1.82) is 0 Å². The van der Waals surface area contributed by atoms with Crippen LogP contribution in [-0.2, 0) is 20.7 Å². The van der Waals surface area contributed by atoms with Gasteiger partial charge in [0.1, 0.15) is 5.82 Å². The first-order valence-corrected chi connectivity index (χ1v) is 10.4. The Balaban J connectivity index is 1.32. The third-order valence-electron chi connectivity index (χ3n) is 4.23. The molecule has 138 valence electrons. The van der Waals surface area contributed by atoms with Gasteiger partial charge in [-0.1, -0.05) is 11.8 Å². The Morgan fingerprint density at radius 2 is 2.15 bits per heavy atom. The molecular formula is C16H19N5O3S2. The molecule has 2 aliphatic rings. The lowest BCUT2D eigenvalue weighted by atomic mass is 10.3. The number of carbonyl (C=O) groups is 2. The molecule has 0 aliphatic heterocycles. The molecule has 8 nitrogen and oxygen atoms in total. The van der Waals surface area contributed by atoms with Crippen molar-refractivity contribution in [3.05, 3.63) is 16.9 Å². The van der Waals surface area contributed by atoms with Crippen LogP contribution in [0, 0.1) is 0 Å². The van der Waals surface area contributed by atoms with Crippen LogP contribution in [0.15, 0.2) is 10.5 Å². The lowest BCUT2D eigenvalue weighted by Crippen LogP contribution is -2.15. The van der Waals surface area contributed by atoms with Gasteiger partial charge in [-0.15, -0.1) is 21.5 Å². The van der Waals surface area contributed by atoms with Gasteiger partial charge < -0.3 is 14.6 Å². The molecule has 2 saturated carbocycles. The van der Waals surface area contributed by atoms with Gasteiger partial charge in [-0.3, -0.25) is 9.59 Å². The smallest absolute Gasteiger partial charge is 0.311 e. The van der Waals surface area contributed by atoms with E-state index in [0.29, 0.717) is 22.8 Å². The number of methoxy groups -OCH3 is 1. The van der Waals surface area contributed by atoms with Crippen LogP contribution >= 0.6 is 23.1 Å². The number of hydrogen-bond acceptors (Lipinski definition) is 8. The minimum Gasteiger partial charge on any atom is -0.469 e. The van der Waals surface area contributed by atoms with E-state index in [2.05, 4.69) is 29.8 Å². The molecule has 0 bridgehead atoms. The van der Waals surface area contributed by atoms with Crippen molar-refractivity contribution in [3.63, 3.8) is 0 Å². The van der Waals surface area contributed by atoms with Gasteiger partial charge in [0, 0.05) is 17.3 Å². The summed E-state index contributed by atoms with van der Waals surface area (Å²) in [7, 11) is 1.34. The fourth-order valence-electron chi connectivity index (χ4n) is 2.63. The minimum absolute atomic E-state index is 0.103. The molecule has 1 N–H and O–H groups in total. The third-order valence-corrected chi connectivity index (χ3v) is 5.98. The first-order chi connectivity index (χ1) is 12.6. The average Bonchev–Trinajstić information content (AvgIpc) is 3.56. The Morgan fingerprint density at radius 3 is 2.85 bits per heavy atom. The number of hydrogen-bond donors (Lipinski definition) is 1. The molecule has 2 aromatic rings. The maximum atomic E-state index is 12.2. The molecule has 2 fully saturated rings. The van der Waals surface area contributed by atoms with E-state index >= 15 is 0 Å². The molecule has 26 heavy (non-hydrogen) atoms. The molecule has 0 saturated heterocycles. The Bertz CT molecular complexity index is 826. The maximum Gasteiger partial charge on any atom is 0.311 e. The molecule has 2 heterocycles. The normalized spacial score (nSPS) is 16.5. The van der Waals surface area contributed by atoms with Gasteiger partial charge in [0.2, 0.25) is 5.91 Å². The van der Waals surface area contributed by atoms with Crippen molar-refractivity contribution in [2.24, 2.45) is 0 Å². The second kappa shape index (κ2) is 7.36. The van der Waals surface area contributed by atoms with E-state index in [1.54, 1.807) is 5.38 Å². The molecule has 0 aromatic carbocycles. The van der Waals surface area contributed by atoms with Crippen molar-refractivity contribution in [2.75, 3.05) is 18.2 Å². The molecular weight excluding hydrogens is 374 g/mol. The zero-order chi connectivity index (χ0) is 18.1. The number of carbonyl (C=O) groups excluding carboxylic acids is 2. The zero-order valence-electron chi connectivity index (χ0n) is 14.3. The molecule has 0 spiro atoms. The van der Waals surface area contributed by atoms with Crippen molar-refractivity contribution in [2.45, 2.75) is 49.2 Å². The van der Waals surface area contributed by atoms with E-state index in [0.717, 1.165) is 11.0 Å². The highest BCUT2D eigenvalue weighted by molar-refractivity contribution is 7.99. The summed E-state index contributed by atoms with van der Waals surface area (Å²) < 4.78 is 6.84. The third kappa shape index (κ3) is 4.07. The zero-order valence-corrected chi connectivity index (χ0v) is 15.9. The van der Waals surface area contributed by atoms with Gasteiger partial charge >= 0.3 is 5.97 Å². The van der Waals surface area contributed by atoms with E-state index in [9.17, 15) is 9.59 Å². The number of nitrogens with one attached hydrogen (secondary N) is 1. The van der Waals surface area contributed by atoms with Crippen LogP contribution in [0.2, 0.25) is 0 Å². The summed E-state index contributed by atoms with van der Waals surface area (Å²) in [5, 5.41) is 14.5. The fourth-order valence-corrected chi connectivity index (χ4v) is 4.17. The van der Waals surface area contributed by atoms with Crippen LogP contribution in [0.5, 0.6) is 0 Å². The maximum absolute atomic E-state index is 12.2. The summed E-state index contributed by atoms with van der Waals surface area (Å²) in [4.78, 5) is 27.7. The van der Waals surface area contributed by atoms with Crippen LogP contribution < -0.4 is 5.32 Å². The van der Waals surface area contributed by atoms with E-state index in [-0.39, 0.29) is 24.1 Å². The average molecular weight is 393 g/mol. The van der Waals surface area contributed by atoms with E-state index in [4.69, 9.17) is 0 Å². The first-order valence-electron chi connectivity index (χ1n) is 8.52. The lowest BCUT2D eigenvalue weighted by molar-refractivity contribution is -0.139. The van der Waals surface area contributed by atoms with E-state index in [1.807, 2.05) is 0 Å². The first kappa shape index (κ1) is 17.5. The van der Waals surface area contributed by atoms with E-state index < -0.39 is 0 Å². The number of aromatic nitrogens is 4. The lowest BCUT2D eigenvalue weighted by Gasteiger charge is -2.07. The quantitative estimate of drug-likeness (QED) is 0.543. The standard InChI is InChI=1S/C16H19N5O3S2/c1-24-13(23)6-10-7-25-15(17-10)18-12(22)8-26-16-20-19-14(9-2-3-9)21(16)11-4-5-11/h7,9,11H,2-6,8H2,1H3,(H,17,18,22). The predicted molar refractivity (Wildman–Crippen MR) is 97.5 cm³/mol. The second-order valence-corrected chi connectivity index (χ2v) is 8.25. The summed E-state index contributed by atoms with van der Waals surface area (Å²) in [5.41, 5.74) is 0.590. The number of ether oxygens (including phenoxy) is 1. The van der Waals surface area contributed by atoms with Gasteiger partial charge in [0.25, 0.3) is 0 Å². The number of thiazole rings is 1. The molecule has 1 amide bonds. The summed E-state index contributed by atoms with van der Waals surface area (Å²) in [6, 6.07) is 0.506. The van der Waals surface area contributed by atoms with Crippen molar-refractivity contribution >= 4 is 40.1 Å². The number of amides is 1. The number of rotatable bonds is 8. The Hall–Kier alpha value is -1.94. The van der Waals surface area contributed by atoms with Crippen LogP contribution in [0.1, 0.15) is 49.2 Å². The highest BCUT2D eigenvalue weighted by atomic mass is 32.2. The minimum atomic E-state index is -0.352. The summed E-state index contributed by atoms with van der Waals surface area (Å²) in [5.74, 6) is 1.39. The number of nitrogens with zero attached hydrogens (tertiary/aromatic N) is 4. The van der Waals surface area contributed by atoms with Gasteiger partial charge in [-0.25, -0.2) is 4.98 Å². The molecule has 4 rings (SSSR count). The van der Waals surface area contributed by atoms with Crippen LogP contribution in [0.4, 0.5) is 5.13 Å². The van der Waals surface area contributed by atoms with Crippen LogP contribution in [0.3, 0.4) is 0 Å². The van der Waals surface area contributed by atoms with Crippen LogP contribution in [-0.4, -0.2) is 44.5 Å². The number of esters is 1. The molecule has 0 radical (unpaired) electrons. The monoisotopic (exact) mass is 393 g/mol. The van der Waals surface area contributed by atoms with Crippen LogP contribution in [0.25, 0.3) is 0 Å². The predicted octanol–water partition coefficient (Wildman–Crippen LogP) is 2.39. The molecule has 2 aromatic heterocycles. The molecule has 0 atom stereocenters. The van der Waals surface area contributed by atoms with Crippen molar-refractivity contribution in [1.82, 2.24) is 19.7 Å². The summed E-state index contributed by atoms with van der Waals surface area (Å²) in [6.07, 6.45) is 4.81. The fraction of sp³-hybridized carbons (Fsp3) is 0.562. The highest BCUT2D eigenvalue weighted by Crippen LogP contribution is 2.45. The number of thioether (sulfide) groups is 1. The van der Waals surface area contributed by atoms with Gasteiger partial charge in [0.05, 0.1) is 25.0 Å². The van der Waals surface area contributed by atoms with Crippen molar-refractivity contribution in [3.8, 4) is 0 Å². The SMILES string of the molecule is COC(=O)Cc1csc(NC(=O)CSc2nnc(C3CC3)n2C2CC2)n1. The topological polar surface area (TPSA) is 99.0 Å². The highest BCUT2D eigenvalue weighted by Gasteiger charge is 2.36. The van der Waals surface area contributed by atoms with Gasteiger partial charge in [0.15, 0.2) is 10.3 Å². The molecule has 10 heteroatoms. The summed E-state index contributed by atoms with van der Waals surface area (Å²) in [6.45, 7) is 0. The Kier molecular flexibility index (Phi) is 4.94. The molecule has 2 aliphatic carbocycles. The Labute approximate surface area is 158 Å². The van der Waals surface area contributed by atoms with Gasteiger partial charge in [-0.2, -0.15) is 0 Å². The summed E-state index contributed by atoms with van der Waals surface area (Å²) >= 11 is 2.70. The van der Waals surface area contributed by atoms with Gasteiger partial charge in [-0.05, 0) is 25.7 Å². The largest absolute Gasteiger partial charge is 0.469 e. The van der Waals surface area contributed by atoms with E-state index in [1.165, 1.54) is 55.9 Å². The number of anilines is 1. The second-order valence-electron chi connectivity index (χ2n) is 6.45.